The Balaban J connectivity index is 2.75. The molecule has 1 aromatic rings. The molecule has 0 N–H and O–H groups in total. The average Bonchev–Trinajstić information content (AvgIpc) is 2.51. The van der Waals surface area contributed by atoms with Gasteiger partial charge in [0.05, 0.1) is 13.2 Å². The lowest BCUT2D eigenvalue weighted by molar-refractivity contribution is -0.149. The summed E-state index contributed by atoms with van der Waals surface area (Å²) in [6.07, 6.45) is 0. The molecule has 122 valence electrons. The number of carbonyl (C=O) groups excluding carboxylic acids is 2. The highest BCUT2D eigenvalue weighted by Gasteiger charge is 2.22. The largest absolute Gasteiger partial charge is 0.465 e. The summed E-state index contributed by atoms with van der Waals surface area (Å²) >= 11 is 0. The first-order chi connectivity index (χ1) is 10.5. The molecule has 0 aliphatic carbocycles. The Morgan fingerprint density at radius 3 is 2.23 bits per heavy atom. The van der Waals surface area contributed by atoms with E-state index < -0.39 is 0 Å². The molecule has 0 fully saturated rings. The lowest BCUT2D eigenvalue weighted by Crippen LogP contribution is -2.46. The van der Waals surface area contributed by atoms with Crippen molar-refractivity contribution in [3.05, 3.63) is 30.3 Å². The lowest BCUT2D eigenvalue weighted by atomic mass is 10.2. The van der Waals surface area contributed by atoms with Gasteiger partial charge in [-0.05, 0) is 39.8 Å². The summed E-state index contributed by atoms with van der Waals surface area (Å²) in [5.74, 6) is -0.443. The van der Waals surface area contributed by atoms with Gasteiger partial charge in [0.2, 0.25) is 5.91 Å². The van der Waals surface area contributed by atoms with Gasteiger partial charge in [-0.15, -0.1) is 0 Å². The predicted octanol–water partition coefficient (Wildman–Crippen LogP) is 2.31. The number of hydrogen-bond donors (Lipinski definition) is 0. The molecular formula is C17H26N2O3. The van der Waals surface area contributed by atoms with Crippen LogP contribution in [0.3, 0.4) is 0 Å². The van der Waals surface area contributed by atoms with Crippen LogP contribution in [0, 0.1) is 0 Å². The molecule has 5 nitrogen and oxygen atoms in total. The van der Waals surface area contributed by atoms with Crippen molar-refractivity contribution in [2.75, 3.05) is 31.1 Å². The highest BCUT2D eigenvalue weighted by atomic mass is 16.5. The van der Waals surface area contributed by atoms with Crippen molar-refractivity contribution in [1.29, 1.82) is 0 Å². The van der Waals surface area contributed by atoms with Crippen molar-refractivity contribution in [2.24, 2.45) is 0 Å². The van der Waals surface area contributed by atoms with Gasteiger partial charge in [0.1, 0.15) is 6.54 Å². The summed E-state index contributed by atoms with van der Waals surface area (Å²) in [5.41, 5.74) is 0.998. The number of benzene rings is 1. The molecule has 0 bridgehead atoms. The van der Waals surface area contributed by atoms with Crippen LogP contribution in [-0.4, -0.2) is 49.1 Å². The minimum atomic E-state index is -0.368. The number of para-hydroxylation sites is 1. The summed E-state index contributed by atoms with van der Waals surface area (Å²) < 4.78 is 4.94. The zero-order chi connectivity index (χ0) is 16.5. The minimum Gasteiger partial charge on any atom is -0.465 e. The van der Waals surface area contributed by atoms with E-state index in [1.54, 1.807) is 11.8 Å². The van der Waals surface area contributed by atoms with Crippen LogP contribution in [0.1, 0.15) is 27.7 Å². The quantitative estimate of drug-likeness (QED) is 0.692. The van der Waals surface area contributed by atoms with Crippen molar-refractivity contribution in [3.63, 3.8) is 0 Å². The lowest BCUT2D eigenvalue weighted by Gasteiger charge is -2.30. The molecule has 0 aromatic heterocycles. The number of rotatable bonds is 8. The molecular weight excluding hydrogens is 280 g/mol. The van der Waals surface area contributed by atoms with Crippen molar-refractivity contribution in [3.8, 4) is 0 Å². The molecule has 1 amide bonds. The van der Waals surface area contributed by atoms with E-state index in [1.165, 1.54) is 0 Å². The smallest absolute Gasteiger partial charge is 0.325 e. The van der Waals surface area contributed by atoms with Gasteiger partial charge >= 0.3 is 5.97 Å². The summed E-state index contributed by atoms with van der Waals surface area (Å²) in [4.78, 5) is 27.7. The van der Waals surface area contributed by atoms with E-state index in [0.717, 1.165) is 12.2 Å². The number of likely N-dealkylation sites (N-methyl/N-ethyl adjacent to an activating group) is 1. The number of ether oxygens (including phenoxy) is 1. The van der Waals surface area contributed by atoms with Crippen molar-refractivity contribution < 1.29 is 14.3 Å². The molecule has 22 heavy (non-hydrogen) atoms. The fourth-order valence-electron chi connectivity index (χ4n) is 2.18. The summed E-state index contributed by atoms with van der Waals surface area (Å²) in [6, 6.07) is 9.73. The van der Waals surface area contributed by atoms with E-state index in [0.29, 0.717) is 6.61 Å². The standard InChI is InChI=1S/C17H26N2O3/c1-5-18(15-10-8-7-9-11-15)12-16(20)19(14(3)4)13-17(21)22-6-2/h7-11,14H,5-6,12-13H2,1-4H3. The van der Waals surface area contributed by atoms with Crippen molar-refractivity contribution in [2.45, 2.75) is 33.7 Å². The molecule has 5 heteroatoms. The Bertz CT molecular complexity index is 474. The maximum atomic E-state index is 12.5. The number of anilines is 1. The minimum absolute atomic E-state index is 0.00329. The molecule has 0 saturated carbocycles. The van der Waals surface area contributed by atoms with Crippen molar-refractivity contribution >= 4 is 17.6 Å². The van der Waals surface area contributed by atoms with E-state index in [2.05, 4.69) is 0 Å². The Morgan fingerprint density at radius 1 is 1.09 bits per heavy atom. The number of hydrogen-bond acceptors (Lipinski definition) is 4. The van der Waals surface area contributed by atoms with Gasteiger partial charge in [0.25, 0.3) is 0 Å². The summed E-state index contributed by atoms with van der Waals surface area (Å²) in [5, 5.41) is 0. The third kappa shape index (κ3) is 5.39. The molecule has 0 saturated heterocycles. The van der Waals surface area contributed by atoms with Gasteiger partial charge in [-0.1, -0.05) is 18.2 Å². The van der Waals surface area contributed by atoms with Crippen LogP contribution >= 0.6 is 0 Å². The van der Waals surface area contributed by atoms with E-state index in [9.17, 15) is 9.59 Å². The third-order valence-corrected chi connectivity index (χ3v) is 3.38. The molecule has 0 radical (unpaired) electrons. The van der Waals surface area contributed by atoms with E-state index in [4.69, 9.17) is 4.74 Å². The van der Waals surface area contributed by atoms with E-state index >= 15 is 0 Å². The van der Waals surface area contributed by atoms with Gasteiger partial charge in [-0.25, -0.2) is 0 Å². The molecule has 0 heterocycles. The Hall–Kier alpha value is -2.04. The van der Waals surface area contributed by atoms with Crippen LogP contribution in [0.15, 0.2) is 30.3 Å². The van der Waals surface area contributed by atoms with Crippen LogP contribution in [0.4, 0.5) is 5.69 Å². The highest BCUT2D eigenvalue weighted by molar-refractivity contribution is 5.85. The van der Waals surface area contributed by atoms with Crippen LogP contribution in [-0.2, 0) is 14.3 Å². The number of esters is 1. The monoisotopic (exact) mass is 306 g/mol. The third-order valence-electron chi connectivity index (χ3n) is 3.38. The summed E-state index contributed by atoms with van der Waals surface area (Å²) in [7, 11) is 0. The van der Waals surface area contributed by atoms with Crippen LogP contribution < -0.4 is 4.90 Å². The second-order valence-electron chi connectivity index (χ2n) is 5.27. The number of nitrogens with zero attached hydrogens (tertiary/aromatic N) is 2. The van der Waals surface area contributed by atoms with Gasteiger partial charge < -0.3 is 14.5 Å². The van der Waals surface area contributed by atoms with Gasteiger partial charge in [-0.2, -0.15) is 0 Å². The molecule has 0 aliphatic rings. The van der Waals surface area contributed by atoms with Gasteiger partial charge in [0.15, 0.2) is 0 Å². The first-order valence-electron chi connectivity index (χ1n) is 7.74. The van der Waals surface area contributed by atoms with E-state index in [1.807, 2.05) is 56.0 Å². The van der Waals surface area contributed by atoms with Gasteiger partial charge in [-0.3, -0.25) is 9.59 Å². The fraction of sp³-hybridized carbons (Fsp3) is 0.529. The zero-order valence-corrected chi connectivity index (χ0v) is 13.9. The molecule has 0 spiro atoms. The van der Waals surface area contributed by atoms with Crippen LogP contribution in [0.2, 0.25) is 0 Å². The second-order valence-corrected chi connectivity index (χ2v) is 5.27. The fourth-order valence-corrected chi connectivity index (χ4v) is 2.18. The topological polar surface area (TPSA) is 49.9 Å². The van der Waals surface area contributed by atoms with E-state index in [-0.39, 0.29) is 31.0 Å². The first-order valence-corrected chi connectivity index (χ1v) is 7.74. The average molecular weight is 306 g/mol. The SMILES string of the molecule is CCOC(=O)CN(C(=O)CN(CC)c1ccccc1)C(C)C. The molecule has 0 aliphatic heterocycles. The molecule has 0 unspecified atom stereocenters. The second kappa shape index (κ2) is 9.07. The maximum absolute atomic E-state index is 12.5. The maximum Gasteiger partial charge on any atom is 0.325 e. The molecule has 1 rings (SSSR count). The first kappa shape index (κ1) is 18.0. The van der Waals surface area contributed by atoms with Crippen LogP contribution in [0.25, 0.3) is 0 Å². The molecule has 1 aromatic carbocycles. The van der Waals surface area contributed by atoms with Crippen molar-refractivity contribution in [1.82, 2.24) is 4.90 Å². The highest BCUT2D eigenvalue weighted by Crippen LogP contribution is 2.13. The number of amides is 1. The normalized spacial score (nSPS) is 10.4. The Morgan fingerprint density at radius 2 is 1.73 bits per heavy atom. The zero-order valence-electron chi connectivity index (χ0n) is 13.9. The Kier molecular flexibility index (Phi) is 7.43. The Labute approximate surface area is 132 Å². The molecule has 0 atom stereocenters. The number of carbonyl (C=O) groups is 2. The van der Waals surface area contributed by atoms with Gasteiger partial charge in [0, 0.05) is 18.3 Å². The summed E-state index contributed by atoms with van der Waals surface area (Å²) in [6.45, 7) is 8.85. The van der Waals surface area contributed by atoms with Crippen LogP contribution in [0.5, 0.6) is 0 Å². The predicted molar refractivity (Wildman–Crippen MR) is 87.8 cm³/mol.